The molecule has 5 nitrogen and oxygen atoms in total. The quantitative estimate of drug-likeness (QED) is 0.474. The summed E-state index contributed by atoms with van der Waals surface area (Å²) in [5, 5.41) is 11.7. The molecule has 0 aliphatic carbocycles. The number of hydrogen-bond donors (Lipinski definition) is 2. The van der Waals surface area contributed by atoms with Gasteiger partial charge in [0.15, 0.2) is 6.61 Å². The van der Waals surface area contributed by atoms with Crippen LogP contribution in [-0.2, 0) is 4.79 Å². The Morgan fingerprint density at radius 2 is 1.88 bits per heavy atom. The van der Waals surface area contributed by atoms with Crippen LogP contribution in [0.1, 0.15) is 11.1 Å². The van der Waals surface area contributed by atoms with E-state index in [0.29, 0.717) is 5.75 Å². The van der Waals surface area contributed by atoms with Gasteiger partial charge in [-0.1, -0.05) is 42.0 Å². The zero-order valence-corrected chi connectivity index (χ0v) is 14.5. The van der Waals surface area contributed by atoms with Crippen LogP contribution in [0.25, 0.3) is 6.08 Å². The molecule has 0 aliphatic heterocycles. The number of benzene rings is 2. The van der Waals surface area contributed by atoms with E-state index >= 15 is 0 Å². The average Bonchev–Trinajstić information content (AvgIpc) is 2.60. The van der Waals surface area contributed by atoms with Gasteiger partial charge in [0.1, 0.15) is 16.8 Å². The van der Waals surface area contributed by atoms with E-state index in [4.69, 9.17) is 28.0 Å². The van der Waals surface area contributed by atoms with Gasteiger partial charge in [-0.25, -0.2) is 0 Å². The Morgan fingerprint density at radius 3 is 2.44 bits per heavy atom. The molecule has 0 spiro atoms. The molecule has 0 aromatic heterocycles. The summed E-state index contributed by atoms with van der Waals surface area (Å²) in [5.41, 5.74) is 8.30. The maximum absolute atomic E-state index is 11.9. The summed E-state index contributed by atoms with van der Waals surface area (Å²) < 4.78 is 5.45. The molecule has 2 rings (SSSR count). The van der Waals surface area contributed by atoms with Crippen LogP contribution < -0.4 is 15.8 Å². The standard InChI is InChI=1S/C19H17N3O2S/c1-13-2-6-16(7-3-13)22-18(23)12-24-17-8-4-14(5-9-17)10-15(11-20)19(21)25/h2-10H,12H2,1H3,(H2,21,25)(H,22,23)/b15-10+. The third-order valence-corrected chi connectivity index (χ3v) is 3.50. The summed E-state index contributed by atoms with van der Waals surface area (Å²) in [4.78, 5) is 11.9. The number of nitrogens with zero attached hydrogens (tertiary/aromatic N) is 1. The van der Waals surface area contributed by atoms with Crippen LogP contribution in [0.5, 0.6) is 5.75 Å². The van der Waals surface area contributed by atoms with Gasteiger partial charge in [-0.15, -0.1) is 0 Å². The predicted molar refractivity (Wildman–Crippen MR) is 102 cm³/mol. The van der Waals surface area contributed by atoms with Gasteiger partial charge in [-0.2, -0.15) is 5.26 Å². The van der Waals surface area contributed by atoms with E-state index in [2.05, 4.69) is 5.32 Å². The Kier molecular flexibility index (Phi) is 6.26. The van der Waals surface area contributed by atoms with Crippen molar-refractivity contribution in [2.75, 3.05) is 11.9 Å². The molecule has 2 aromatic rings. The zero-order chi connectivity index (χ0) is 18.2. The van der Waals surface area contributed by atoms with E-state index in [9.17, 15) is 4.79 Å². The molecular weight excluding hydrogens is 334 g/mol. The summed E-state index contributed by atoms with van der Waals surface area (Å²) in [6.07, 6.45) is 1.59. The van der Waals surface area contributed by atoms with E-state index in [-0.39, 0.29) is 23.1 Å². The second-order valence-corrected chi connectivity index (χ2v) is 5.75. The molecule has 3 N–H and O–H groups in total. The highest BCUT2D eigenvalue weighted by Gasteiger charge is 2.04. The van der Waals surface area contributed by atoms with Crippen molar-refractivity contribution in [1.29, 1.82) is 5.26 Å². The van der Waals surface area contributed by atoms with Gasteiger partial charge >= 0.3 is 0 Å². The van der Waals surface area contributed by atoms with Gasteiger partial charge in [0.05, 0.1) is 5.57 Å². The molecule has 0 heterocycles. The molecule has 0 bridgehead atoms. The van der Waals surface area contributed by atoms with Crippen LogP contribution >= 0.6 is 12.2 Å². The van der Waals surface area contributed by atoms with Gasteiger partial charge in [0, 0.05) is 5.69 Å². The van der Waals surface area contributed by atoms with Crippen LogP contribution in [0.3, 0.4) is 0 Å². The highest BCUT2D eigenvalue weighted by molar-refractivity contribution is 7.80. The molecule has 2 aromatic carbocycles. The molecule has 0 atom stereocenters. The number of amides is 1. The number of nitriles is 1. The number of anilines is 1. The molecule has 0 radical (unpaired) electrons. The van der Waals surface area contributed by atoms with Crippen LogP contribution in [-0.4, -0.2) is 17.5 Å². The lowest BCUT2D eigenvalue weighted by molar-refractivity contribution is -0.118. The Labute approximate surface area is 151 Å². The Bertz CT molecular complexity index is 834. The first-order valence-corrected chi connectivity index (χ1v) is 7.90. The molecule has 1 amide bonds. The number of nitrogens with two attached hydrogens (primary N) is 1. The van der Waals surface area contributed by atoms with Crippen molar-refractivity contribution in [2.24, 2.45) is 5.73 Å². The largest absolute Gasteiger partial charge is 0.484 e. The molecule has 0 unspecified atom stereocenters. The minimum atomic E-state index is -0.243. The number of rotatable bonds is 6. The van der Waals surface area contributed by atoms with Crippen LogP contribution in [0.15, 0.2) is 54.1 Å². The van der Waals surface area contributed by atoms with Gasteiger partial charge in [0.25, 0.3) is 5.91 Å². The van der Waals surface area contributed by atoms with E-state index in [0.717, 1.165) is 16.8 Å². The Morgan fingerprint density at radius 1 is 1.24 bits per heavy atom. The van der Waals surface area contributed by atoms with E-state index in [1.807, 2.05) is 37.3 Å². The fraction of sp³-hybridized carbons (Fsp3) is 0.105. The van der Waals surface area contributed by atoms with Crippen molar-refractivity contribution >= 4 is 34.9 Å². The maximum atomic E-state index is 11.9. The van der Waals surface area contributed by atoms with Crippen molar-refractivity contribution < 1.29 is 9.53 Å². The molecule has 0 saturated heterocycles. The normalized spacial score (nSPS) is 10.6. The molecule has 0 fully saturated rings. The minimum absolute atomic E-state index is 0.0515. The topological polar surface area (TPSA) is 88.1 Å². The van der Waals surface area contributed by atoms with Crippen LogP contribution in [0, 0.1) is 18.3 Å². The third kappa shape index (κ3) is 5.75. The number of ether oxygens (including phenoxy) is 1. The molecule has 126 valence electrons. The third-order valence-electron chi connectivity index (χ3n) is 3.28. The summed E-state index contributed by atoms with van der Waals surface area (Å²) in [6, 6.07) is 16.4. The predicted octanol–water partition coefficient (Wildman–Crippen LogP) is 3.21. The number of carbonyl (C=O) groups is 1. The lowest BCUT2D eigenvalue weighted by atomic mass is 10.1. The van der Waals surface area contributed by atoms with Gasteiger partial charge in [-0.3, -0.25) is 4.79 Å². The van der Waals surface area contributed by atoms with Crippen molar-refractivity contribution in [3.05, 3.63) is 65.2 Å². The fourth-order valence-corrected chi connectivity index (χ4v) is 2.07. The smallest absolute Gasteiger partial charge is 0.262 e. The lowest BCUT2D eigenvalue weighted by Crippen LogP contribution is -2.20. The van der Waals surface area contributed by atoms with E-state index in [1.165, 1.54) is 0 Å². The van der Waals surface area contributed by atoms with Crippen LogP contribution in [0.4, 0.5) is 5.69 Å². The molecule has 6 heteroatoms. The average molecular weight is 351 g/mol. The SMILES string of the molecule is Cc1ccc(NC(=O)COc2ccc(/C=C(\C#N)C(N)=S)cc2)cc1. The molecule has 25 heavy (non-hydrogen) atoms. The van der Waals surface area contributed by atoms with Gasteiger partial charge in [-0.05, 0) is 42.8 Å². The van der Waals surface area contributed by atoms with Gasteiger partial charge in [0.2, 0.25) is 0 Å². The summed E-state index contributed by atoms with van der Waals surface area (Å²) in [6.45, 7) is 1.88. The fourth-order valence-electron chi connectivity index (χ4n) is 1.97. The Hall–Kier alpha value is -3.17. The first-order chi connectivity index (χ1) is 12.0. The second kappa shape index (κ2) is 8.62. The zero-order valence-electron chi connectivity index (χ0n) is 13.7. The maximum Gasteiger partial charge on any atom is 0.262 e. The minimum Gasteiger partial charge on any atom is -0.484 e. The Balaban J connectivity index is 1.91. The van der Waals surface area contributed by atoms with E-state index in [1.54, 1.807) is 30.3 Å². The number of thiocarbonyl (C=S) groups is 1. The number of aryl methyl sites for hydroxylation is 1. The monoisotopic (exact) mass is 351 g/mol. The first kappa shape index (κ1) is 18.2. The van der Waals surface area contributed by atoms with Crippen molar-refractivity contribution in [2.45, 2.75) is 6.92 Å². The van der Waals surface area contributed by atoms with Crippen molar-refractivity contribution in [3.8, 4) is 11.8 Å². The van der Waals surface area contributed by atoms with Crippen molar-refractivity contribution in [1.82, 2.24) is 0 Å². The van der Waals surface area contributed by atoms with Gasteiger partial charge < -0.3 is 15.8 Å². The molecular formula is C19H17N3O2S. The molecule has 0 saturated carbocycles. The molecule has 0 aliphatic rings. The highest BCUT2D eigenvalue weighted by atomic mass is 32.1. The second-order valence-electron chi connectivity index (χ2n) is 5.31. The summed E-state index contributed by atoms with van der Waals surface area (Å²) in [7, 11) is 0. The number of hydrogen-bond acceptors (Lipinski definition) is 4. The first-order valence-electron chi connectivity index (χ1n) is 7.49. The van der Waals surface area contributed by atoms with Crippen molar-refractivity contribution in [3.63, 3.8) is 0 Å². The number of nitrogens with one attached hydrogen (secondary N) is 1. The summed E-state index contributed by atoms with van der Waals surface area (Å²) in [5.74, 6) is 0.304. The van der Waals surface area contributed by atoms with E-state index < -0.39 is 0 Å². The highest BCUT2D eigenvalue weighted by Crippen LogP contribution is 2.15. The summed E-state index contributed by atoms with van der Waals surface area (Å²) >= 11 is 4.79. The lowest BCUT2D eigenvalue weighted by Gasteiger charge is -2.08. The number of carbonyl (C=O) groups excluding carboxylic acids is 1. The van der Waals surface area contributed by atoms with Crippen LogP contribution in [0.2, 0.25) is 0 Å².